The second-order valence-electron chi connectivity index (χ2n) is 3.82. The van der Waals surface area contributed by atoms with Crippen LogP contribution in [0.1, 0.15) is 20.8 Å². The maximum atomic E-state index is 11.9. The van der Waals surface area contributed by atoms with Crippen LogP contribution in [0.3, 0.4) is 0 Å². The molecule has 0 aliphatic heterocycles. The Bertz CT molecular complexity index is 620. The molecule has 0 atom stereocenters. The van der Waals surface area contributed by atoms with Gasteiger partial charge in [0.25, 0.3) is 5.91 Å². The molecule has 2 amide bonds. The second-order valence-corrected chi connectivity index (χ2v) is 3.82. The summed E-state index contributed by atoms with van der Waals surface area (Å²) in [5, 5.41) is 11.9. The lowest BCUT2D eigenvalue weighted by atomic mass is 10.2. The Kier molecular flexibility index (Phi) is 3.46. The molecule has 2 rings (SSSR count). The van der Waals surface area contributed by atoms with Crippen LogP contribution in [-0.4, -0.2) is 29.1 Å². The number of anilines is 2. The van der Waals surface area contributed by atoms with Gasteiger partial charge in [-0.15, -0.1) is 0 Å². The van der Waals surface area contributed by atoms with Crippen LogP contribution in [0.2, 0.25) is 0 Å². The van der Waals surface area contributed by atoms with Gasteiger partial charge in [0.05, 0.1) is 0 Å². The molecule has 0 spiro atoms. The molecule has 7 heteroatoms. The summed E-state index contributed by atoms with van der Waals surface area (Å²) in [6.07, 6.45) is 0. The highest BCUT2D eigenvalue weighted by Crippen LogP contribution is 2.12. The molecule has 2 aromatic rings. The van der Waals surface area contributed by atoms with E-state index < -0.39 is 5.91 Å². The number of aromatic nitrogens is 2. The number of carbonyl (C=O) groups is 2. The number of H-pyrrole nitrogens is 1. The van der Waals surface area contributed by atoms with E-state index in [0.29, 0.717) is 22.8 Å². The zero-order valence-electron chi connectivity index (χ0n) is 10.2. The van der Waals surface area contributed by atoms with Gasteiger partial charge in [-0.25, -0.2) is 0 Å². The average Bonchev–Trinajstić information content (AvgIpc) is 2.88. The predicted molar refractivity (Wildman–Crippen MR) is 71.0 cm³/mol. The molecule has 5 N–H and O–H groups in total. The number of nitrogens with zero attached hydrogens (tertiary/aromatic N) is 1. The van der Waals surface area contributed by atoms with Gasteiger partial charge < -0.3 is 16.4 Å². The van der Waals surface area contributed by atoms with Crippen molar-refractivity contribution in [3.63, 3.8) is 0 Å². The number of hydrogen-bond donors (Lipinski definition) is 4. The fraction of sp³-hybridized carbons (Fsp3) is 0.0833. The Labute approximate surface area is 109 Å². The van der Waals surface area contributed by atoms with E-state index in [-0.39, 0.29) is 5.91 Å². The van der Waals surface area contributed by atoms with Gasteiger partial charge in [-0.05, 0) is 18.2 Å². The van der Waals surface area contributed by atoms with Gasteiger partial charge in [0.15, 0.2) is 0 Å². The molecule has 1 aromatic heterocycles. The Balaban J connectivity index is 2.14. The SMILES string of the molecule is CNc1cc(C(=O)Nc2cccc(C(N)=O)c2)[nH]n1. The van der Waals surface area contributed by atoms with Crippen LogP contribution in [0.15, 0.2) is 30.3 Å². The Morgan fingerprint density at radius 3 is 2.74 bits per heavy atom. The Morgan fingerprint density at radius 1 is 1.32 bits per heavy atom. The van der Waals surface area contributed by atoms with Crippen molar-refractivity contribution in [2.75, 3.05) is 17.7 Å². The number of aromatic amines is 1. The lowest BCUT2D eigenvalue weighted by Gasteiger charge is -2.04. The van der Waals surface area contributed by atoms with E-state index in [1.54, 1.807) is 31.3 Å². The van der Waals surface area contributed by atoms with Crippen molar-refractivity contribution in [1.82, 2.24) is 10.2 Å². The van der Waals surface area contributed by atoms with Crippen LogP contribution in [0.4, 0.5) is 11.5 Å². The Morgan fingerprint density at radius 2 is 2.11 bits per heavy atom. The number of nitrogens with two attached hydrogens (primary N) is 1. The first-order valence-electron chi connectivity index (χ1n) is 5.54. The molecule has 7 nitrogen and oxygen atoms in total. The summed E-state index contributed by atoms with van der Waals surface area (Å²) in [7, 11) is 1.70. The van der Waals surface area contributed by atoms with Gasteiger partial charge in [-0.3, -0.25) is 14.7 Å². The van der Waals surface area contributed by atoms with E-state index in [2.05, 4.69) is 20.8 Å². The first-order chi connectivity index (χ1) is 9.10. The van der Waals surface area contributed by atoms with Crippen LogP contribution >= 0.6 is 0 Å². The van der Waals surface area contributed by atoms with E-state index >= 15 is 0 Å². The van der Waals surface area contributed by atoms with Gasteiger partial charge in [0, 0.05) is 24.4 Å². The van der Waals surface area contributed by atoms with Crippen LogP contribution in [0.25, 0.3) is 0 Å². The normalized spacial score (nSPS) is 9.95. The fourth-order valence-electron chi connectivity index (χ4n) is 1.51. The first kappa shape index (κ1) is 12.6. The number of amides is 2. The van der Waals surface area contributed by atoms with Gasteiger partial charge in [0.2, 0.25) is 5.91 Å². The van der Waals surface area contributed by atoms with E-state index in [0.717, 1.165) is 0 Å². The monoisotopic (exact) mass is 259 g/mol. The first-order valence-corrected chi connectivity index (χ1v) is 5.54. The molecule has 1 heterocycles. The molecule has 0 radical (unpaired) electrons. The molecular formula is C12H13N5O2. The molecule has 0 saturated carbocycles. The van der Waals surface area contributed by atoms with E-state index in [1.165, 1.54) is 6.07 Å². The Hall–Kier alpha value is -2.83. The minimum absolute atomic E-state index is 0.314. The number of rotatable bonds is 4. The molecule has 0 bridgehead atoms. The summed E-state index contributed by atoms with van der Waals surface area (Å²) in [5.74, 6) is -0.332. The largest absolute Gasteiger partial charge is 0.372 e. The number of primary amides is 1. The quantitative estimate of drug-likeness (QED) is 0.650. The van der Waals surface area contributed by atoms with Crippen LogP contribution in [-0.2, 0) is 0 Å². The zero-order chi connectivity index (χ0) is 13.8. The smallest absolute Gasteiger partial charge is 0.273 e. The minimum Gasteiger partial charge on any atom is -0.372 e. The summed E-state index contributed by atoms with van der Waals surface area (Å²) in [5.41, 5.74) is 6.30. The van der Waals surface area contributed by atoms with E-state index in [1.807, 2.05) is 0 Å². The van der Waals surface area contributed by atoms with Crippen molar-refractivity contribution >= 4 is 23.3 Å². The standard InChI is InChI=1S/C12H13N5O2/c1-14-10-6-9(16-17-10)12(19)15-8-4-2-3-7(5-8)11(13)18/h2-6H,1H3,(H2,13,18)(H,15,19)(H2,14,16,17). The maximum Gasteiger partial charge on any atom is 0.273 e. The molecule has 19 heavy (non-hydrogen) atoms. The van der Waals surface area contributed by atoms with Crippen molar-refractivity contribution in [3.05, 3.63) is 41.6 Å². The third-order valence-electron chi connectivity index (χ3n) is 2.48. The maximum absolute atomic E-state index is 11.9. The zero-order valence-corrected chi connectivity index (χ0v) is 10.2. The van der Waals surface area contributed by atoms with Gasteiger partial charge >= 0.3 is 0 Å². The fourth-order valence-corrected chi connectivity index (χ4v) is 1.51. The number of hydrogen-bond acceptors (Lipinski definition) is 4. The molecule has 1 aromatic carbocycles. The summed E-state index contributed by atoms with van der Waals surface area (Å²) in [6.45, 7) is 0. The lowest BCUT2D eigenvalue weighted by Crippen LogP contribution is -2.14. The van der Waals surface area contributed by atoms with Crippen molar-refractivity contribution < 1.29 is 9.59 Å². The molecular weight excluding hydrogens is 246 g/mol. The predicted octanol–water partition coefficient (Wildman–Crippen LogP) is 0.803. The third-order valence-corrected chi connectivity index (χ3v) is 2.48. The lowest BCUT2D eigenvalue weighted by molar-refractivity contribution is 0.0995. The van der Waals surface area contributed by atoms with Crippen molar-refractivity contribution in [2.24, 2.45) is 5.73 Å². The highest BCUT2D eigenvalue weighted by atomic mass is 16.2. The van der Waals surface area contributed by atoms with E-state index in [9.17, 15) is 9.59 Å². The van der Waals surface area contributed by atoms with Crippen LogP contribution < -0.4 is 16.4 Å². The molecule has 0 fully saturated rings. The van der Waals surface area contributed by atoms with E-state index in [4.69, 9.17) is 5.73 Å². The summed E-state index contributed by atoms with van der Waals surface area (Å²) in [4.78, 5) is 22.9. The molecule has 0 aliphatic carbocycles. The van der Waals surface area contributed by atoms with Gasteiger partial charge in [-0.1, -0.05) is 6.07 Å². The highest BCUT2D eigenvalue weighted by Gasteiger charge is 2.10. The summed E-state index contributed by atoms with van der Waals surface area (Å²) in [6, 6.07) is 7.97. The van der Waals surface area contributed by atoms with Crippen molar-refractivity contribution in [2.45, 2.75) is 0 Å². The number of carbonyl (C=O) groups excluding carboxylic acids is 2. The molecule has 0 unspecified atom stereocenters. The topological polar surface area (TPSA) is 113 Å². The minimum atomic E-state index is -0.546. The molecule has 0 aliphatic rings. The highest BCUT2D eigenvalue weighted by molar-refractivity contribution is 6.04. The summed E-state index contributed by atoms with van der Waals surface area (Å²) >= 11 is 0. The van der Waals surface area contributed by atoms with Crippen LogP contribution in [0.5, 0.6) is 0 Å². The molecule has 98 valence electrons. The molecule has 0 saturated heterocycles. The number of nitrogens with one attached hydrogen (secondary N) is 3. The van der Waals surface area contributed by atoms with Gasteiger partial charge in [-0.2, -0.15) is 5.10 Å². The third kappa shape index (κ3) is 2.89. The van der Waals surface area contributed by atoms with Crippen molar-refractivity contribution in [1.29, 1.82) is 0 Å². The van der Waals surface area contributed by atoms with Gasteiger partial charge in [0.1, 0.15) is 11.5 Å². The second kappa shape index (κ2) is 5.21. The van der Waals surface area contributed by atoms with Crippen molar-refractivity contribution in [3.8, 4) is 0 Å². The number of benzene rings is 1. The van der Waals surface area contributed by atoms with Crippen LogP contribution in [0, 0.1) is 0 Å². The summed E-state index contributed by atoms with van der Waals surface area (Å²) < 4.78 is 0. The average molecular weight is 259 g/mol.